The van der Waals surface area contributed by atoms with Gasteiger partial charge in [0.2, 0.25) is 0 Å². The first-order chi connectivity index (χ1) is 20.1. The van der Waals surface area contributed by atoms with E-state index in [2.05, 4.69) is 0 Å². The molecule has 42 heavy (non-hydrogen) atoms. The molecule has 5 atom stereocenters. The molecule has 1 fully saturated rings. The summed E-state index contributed by atoms with van der Waals surface area (Å²) in [6.07, 6.45) is -4.12. The lowest BCUT2D eigenvalue weighted by Gasteiger charge is -2.37. The van der Waals surface area contributed by atoms with Crippen LogP contribution in [0.1, 0.15) is 30.5 Å². The molecular weight excluding hydrogens is 562 g/mol. The van der Waals surface area contributed by atoms with Crippen molar-refractivity contribution in [3.63, 3.8) is 0 Å². The van der Waals surface area contributed by atoms with Crippen molar-refractivity contribution in [1.82, 2.24) is 0 Å². The monoisotopic (exact) mass is 596 g/mol. The van der Waals surface area contributed by atoms with Gasteiger partial charge in [-0.25, -0.2) is 4.57 Å². The Kier molecular flexibility index (Phi) is 10.5. The van der Waals surface area contributed by atoms with E-state index in [1.807, 2.05) is 78.9 Å². The molecule has 0 aliphatic carbocycles. The minimum absolute atomic E-state index is 0.183. The third kappa shape index (κ3) is 7.06. The summed E-state index contributed by atoms with van der Waals surface area (Å²) >= 11 is 0. The molecule has 222 valence electrons. The summed E-state index contributed by atoms with van der Waals surface area (Å²) in [6.45, 7) is 3.16. The molecule has 12 heteroatoms. The molecule has 2 unspecified atom stereocenters. The topological polar surface area (TPSA) is 119 Å². The Morgan fingerprint density at radius 1 is 0.905 bits per heavy atom. The summed E-state index contributed by atoms with van der Waals surface area (Å²) in [6, 6.07) is 23.3. The maximum atomic E-state index is 12.8. The van der Waals surface area contributed by atoms with E-state index in [0.29, 0.717) is 11.5 Å². The zero-order valence-corrected chi connectivity index (χ0v) is 24.7. The predicted octanol–water partition coefficient (Wildman–Crippen LogP) is 4.36. The minimum Gasteiger partial charge on any atom is -0.497 e. The Morgan fingerprint density at radius 2 is 1.43 bits per heavy atom. The summed E-state index contributed by atoms with van der Waals surface area (Å²) in [4.78, 5) is 21.7. The molecule has 1 aliphatic heterocycles. The zero-order chi connectivity index (χ0) is 30.3. The van der Waals surface area contributed by atoms with E-state index in [1.54, 1.807) is 28.1 Å². The van der Waals surface area contributed by atoms with Crippen LogP contribution in [0.25, 0.3) is 0 Å². The van der Waals surface area contributed by atoms with Crippen LogP contribution in [0.4, 0.5) is 0 Å². The van der Waals surface area contributed by atoms with Crippen LogP contribution < -0.4 is 9.47 Å². The number of phosphoric ester groups is 1. The number of phosphoric acid groups is 1. The molecule has 0 spiro atoms. The van der Waals surface area contributed by atoms with E-state index in [9.17, 15) is 14.3 Å². The Morgan fingerprint density at radius 3 is 1.90 bits per heavy atom. The highest BCUT2D eigenvalue weighted by Gasteiger charge is 2.50. The second-order valence-electron chi connectivity index (χ2n) is 9.84. The van der Waals surface area contributed by atoms with E-state index < -0.39 is 43.8 Å². The van der Waals surface area contributed by atoms with Crippen molar-refractivity contribution in [2.45, 2.75) is 49.9 Å². The van der Waals surface area contributed by atoms with Gasteiger partial charge in [-0.1, -0.05) is 54.6 Å². The number of carbonyl (C=O) groups excluding carboxylic acids is 1. The molecular formula is C30H34BO10P. The Hall–Kier alpha value is -3.18. The molecule has 3 aromatic carbocycles. The lowest BCUT2D eigenvalue weighted by molar-refractivity contribution is -0.138. The zero-order valence-electron chi connectivity index (χ0n) is 23.8. The number of benzene rings is 3. The van der Waals surface area contributed by atoms with Gasteiger partial charge in [0.1, 0.15) is 43.3 Å². The van der Waals surface area contributed by atoms with Crippen molar-refractivity contribution in [3.8, 4) is 11.5 Å². The van der Waals surface area contributed by atoms with Crippen LogP contribution in [0.3, 0.4) is 0 Å². The molecule has 1 saturated heterocycles. The van der Waals surface area contributed by atoms with Gasteiger partial charge in [0.05, 0.1) is 32.9 Å². The molecule has 0 saturated carbocycles. The molecule has 0 aromatic heterocycles. The summed E-state index contributed by atoms with van der Waals surface area (Å²) in [5.41, 5.74) is 1.10. The number of rotatable bonds is 14. The van der Waals surface area contributed by atoms with E-state index in [1.165, 1.54) is 0 Å². The van der Waals surface area contributed by atoms with Gasteiger partial charge >= 0.3 is 7.82 Å². The van der Waals surface area contributed by atoms with Crippen LogP contribution in [0.5, 0.6) is 11.5 Å². The maximum absolute atomic E-state index is 12.8. The SMILES string of the molecule is [B][C@@H]1O[C@H](COC(c2ccccc2)(c2ccc(OC)cc2)c2ccc(OC)cc2)[C@H](OP(=O)(O)OC(C)C)C1OC=O. The predicted molar refractivity (Wildman–Crippen MR) is 155 cm³/mol. The van der Waals surface area contributed by atoms with Gasteiger partial charge in [-0.05, 0) is 54.8 Å². The molecule has 1 heterocycles. The van der Waals surface area contributed by atoms with E-state index in [4.69, 9.17) is 40.6 Å². The number of carbonyl (C=O) groups is 1. The third-order valence-electron chi connectivity index (χ3n) is 6.80. The summed E-state index contributed by atoms with van der Waals surface area (Å²) in [7, 11) is 4.70. The standard InChI is InChI=1S/C30H34BO10P/c1-20(2)40-42(33,34)41-27-26(39-29(31)28(27)37-19-32)18-38-30(21-8-6-5-7-9-21,22-10-14-24(35-3)15-11-22)23-12-16-25(36-4)17-13-23/h5-17,19-20,26-29H,18H2,1-4H3,(H,33,34)/t26-,27+,28?,29-/m1/s1. The highest BCUT2D eigenvalue weighted by atomic mass is 31.2. The van der Waals surface area contributed by atoms with Crippen LogP contribution >= 0.6 is 7.82 Å². The van der Waals surface area contributed by atoms with Crippen molar-refractivity contribution in [1.29, 1.82) is 0 Å². The average Bonchev–Trinajstić information content (AvgIpc) is 3.26. The fraction of sp³-hybridized carbons (Fsp3) is 0.367. The second-order valence-corrected chi connectivity index (χ2v) is 11.2. The fourth-order valence-corrected chi connectivity index (χ4v) is 6.11. The van der Waals surface area contributed by atoms with Gasteiger partial charge in [0, 0.05) is 0 Å². The van der Waals surface area contributed by atoms with Crippen molar-refractivity contribution in [3.05, 3.63) is 95.6 Å². The van der Waals surface area contributed by atoms with Crippen molar-refractivity contribution in [2.24, 2.45) is 0 Å². The third-order valence-corrected chi connectivity index (χ3v) is 7.99. The van der Waals surface area contributed by atoms with Crippen LogP contribution in [0, 0.1) is 0 Å². The van der Waals surface area contributed by atoms with Crippen molar-refractivity contribution >= 4 is 22.1 Å². The van der Waals surface area contributed by atoms with E-state index in [-0.39, 0.29) is 13.1 Å². The van der Waals surface area contributed by atoms with E-state index in [0.717, 1.165) is 16.7 Å². The van der Waals surface area contributed by atoms with Crippen LogP contribution in [-0.4, -0.2) is 70.5 Å². The molecule has 2 radical (unpaired) electrons. The maximum Gasteiger partial charge on any atom is 0.472 e. The molecule has 4 rings (SSSR count). The number of ether oxygens (including phenoxy) is 5. The van der Waals surface area contributed by atoms with Crippen LogP contribution in [0.2, 0.25) is 0 Å². The summed E-state index contributed by atoms with van der Waals surface area (Å²) in [5.74, 6) is 1.32. The Bertz CT molecular complexity index is 1290. The summed E-state index contributed by atoms with van der Waals surface area (Å²) < 4.78 is 52.0. The molecule has 1 aliphatic rings. The van der Waals surface area contributed by atoms with Crippen molar-refractivity contribution < 1.29 is 47.0 Å². The normalized spacial score (nSPS) is 22.0. The number of methoxy groups -OCH3 is 2. The lowest BCUT2D eigenvalue weighted by atomic mass is 9.80. The van der Waals surface area contributed by atoms with Gasteiger partial charge in [0.25, 0.3) is 6.47 Å². The first-order valence-electron chi connectivity index (χ1n) is 13.3. The molecule has 1 N–H and O–H groups in total. The first kappa shape index (κ1) is 31.8. The molecule has 10 nitrogen and oxygen atoms in total. The fourth-order valence-electron chi connectivity index (χ4n) is 4.96. The van der Waals surface area contributed by atoms with Gasteiger partial charge in [-0.3, -0.25) is 13.8 Å². The lowest BCUT2D eigenvalue weighted by Crippen LogP contribution is -2.41. The van der Waals surface area contributed by atoms with Gasteiger partial charge < -0.3 is 28.6 Å². The average molecular weight is 596 g/mol. The quantitative estimate of drug-likeness (QED) is 0.125. The van der Waals surface area contributed by atoms with Gasteiger partial charge in [0.15, 0.2) is 0 Å². The molecule has 0 amide bonds. The van der Waals surface area contributed by atoms with Gasteiger partial charge in [-0.2, -0.15) is 0 Å². The highest BCUT2D eigenvalue weighted by Crippen LogP contribution is 2.49. The van der Waals surface area contributed by atoms with Crippen molar-refractivity contribution in [2.75, 3.05) is 20.8 Å². The molecule has 0 bridgehead atoms. The Balaban J connectivity index is 1.79. The van der Waals surface area contributed by atoms with E-state index >= 15 is 0 Å². The largest absolute Gasteiger partial charge is 0.497 e. The summed E-state index contributed by atoms with van der Waals surface area (Å²) in [5, 5.41) is 0. The second kappa shape index (κ2) is 13.9. The minimum atomic E-state index is -4.59. The smallest absolute Gasteiger partial charge is 0.472 e. The first-order valence-corrected chi connectivity index (χ1v) is 14.8. The Labute approximate surface area is 246 Å². The van der Waals surface area contributed by atoms with Crippen LogP contribution in [-0.2, 0) is 38.2 Å². The molecule has 3 aromatic rings. The van der Waals surface area contributed by atoms with Gasteiger partial charge in [-0.15, -0.1) is 0 Å². The van der Waals surface area contributed by atoms with Crippen LogP contribution in [0.15, 0.2) is 78.9 Å². The number of hydrogen-bond donors (Lipinski definition) is 1. The number of hydrogen-bond acceptors (Lipinski definition) is 9. The highest BCUT2D eigenvalue weighted by molar-refractivity contribution is 7.47.